The van der Waals surface area contributed by atoms with E-state index in [0.29, 0.717) is 19.0 Å². The number of rotatable bonds is 5. The van der Waals surface area contributed by atoms with Gasteiger partial charge < -0.3 is 10.2 Å². The molecule has 0 aromatic heterocycles. The smallest absolute Gasteiger partial charge is 0.211 e. The lowest BCUT2D eigenvalue weighted by Gasteiger charge is -2.38. The lowest BCUT2D eigenvalue weighted by atomic mass is 9.94. The van der Waals surface area contributed by atoms with E-state index in [4.69, 9.17) is 0 Å². The fraction of sp³-hybridized carbons (Fsp3) is 1.00. The SMILES string of the molecule is CNCC1CCCN(CC2CCCN(S(C)(=O)=O)C2)C1.Cl. The van der Waals surface area contributed by atoms with Crippen molar-refractivity contribution in [3.05, 3.63) is 0 Å². The van der Waals surface area contributed by atoms with Crippen molar-refractivity contribution in [1.29, 1.82) is 0 Å². The number of hydrogen-bond donors (Lipinski definition) is 1. The minimum atomic E-state index is -3.01. The van der Waals surface area contributed by atoms with Crippen molar-refractivity contribution in [2.24, 2.45) is 11.8 Å². The maximum atomic E-state index is 11.7. The van der Waals surface area contributed by atoms with Crippen LogP contribution in [0.2, 0.25) is 0 Å². The zero-order chi connectivity index (χ0) is 14.6. The number of likely N-dealkylation sites (tertiary alicyclic amines) is 1. The van der Waals surface area contributed by atoms with Crippen LogP contribution < -0.4 is 5.32 Å². The van der Waals surface area contributed by atoms with Crippen LogP contribution in [-0.2, 0) is 10.0 Å². The Kier molecular flexibility index (Phi) is 7.92. The van der Waals surface area contributed by atoms with Crippen LogP contribution in [0.1, 0.15) is 25.7 Å². The molecule has 1 N–H and O–H groups in total. The van der Waals surface area contributed by atoms with Crippen molar-refractivity contribution in [2.75, 3.05) is 52.6 Å². The normalized spacial score (nSPS) is 29.0. The third-order valence-corrected chi connectivity index (χ3v) is 5.83. The molecule has 2 heterocycles. The highest BCUT2D eigenvalue weighted by Crippen LogP contribution is 2.22. The molecule has 2 aliphatic heterocycles. The standard InChI is InChI=1S/C14H29N3O2S.ClH/c1-15-9-13-5-3-7-16(10-13)11-14-6-4-8-17(12-14)20(2,18)19;/h13-15H,3-12H2,1-2H3;1H. The van der Waals surface area contributed by atoms with Crippen LogP contribution in [-0.4, -0.2) is 70.2 Å². The molecule has 0 saturated carbocycles. The van der Waals surface area contributed by atoms with Crippen LogP contribution in [0.5, 0.6) is 0 Å². The Balaban J connectivity index is 0.00000220. The van der Waals surface area contributed by atoms with Crippen LogP contribution in [0.25, 0.3) is 0 Å². The van der Waals surface area contributed by atoms with Gasteiger partial charge in [0.05, 0.1) is 6.26 Å². The van der Waals surface area contributed by atoms with Crippen molar-refractivity contribution < 1.29 is 8.42 Å². The van der Waals surface area contributed by atoms with E-state index in [1.54, 1.807) is 4.31 Å². The predicted octanol–water partition coefficient (Wildman–Crippen LogP) is 1.01. The first kappa shape index (κ1) is 19.2. The first-order valence-electron chi connectivity index (χ1n) is 7.81. The van der Waals surface area contributed by atoms with E-state index >= 15 is 0 Å². The molecule has 21 heavy (non-hydrogen) atoms. The van der Waals surface area contributed by atoms with E-state index in [2.05, 4.69) is 10.2 Å². The molecular formula is C14H30ClN3O2S. The van der Waals surface area contributed by atoms with Gasteiger partial charge in [0.25, 0.3) is 0 Å². The first-order chi connectivity index (χ1) is 9.49. The Morgan fingerprint density at radius 3 is 2.43 bits per heavy atom. The highest BCUT2D eigenvalue weighted by Gasteiger charge is 2.28. The molecular weight excluding hydrogens is 310 g/mol. The zero-order valence-electron chi connectivity index (χ0n) is 13.3. The molecule has 5 nitrogen and oxygen atoms in total. The molecule has 0 spiro atoms. The van der Waals surface area contributed by atoms with E-state index in [9.17, 15) is 8.42 Å². The van der Waals surface area contributed by atoms with E-state index in [1.165, 1.54) is 32.1 Å². The van der Waals surface area contributed by atoms with Gasteiger partial charge in [0.15, 0.2) is 0 Å². The molecule has 0 radical (unpaired) electrons. The monoisotopic (exact) mass is 339 g/mol. The lowest BCUT2D eigenvalue weighted by molar-refractivity contribution is 0.128. The second kappa shape index (κ2) is 8.67. The van der Waals surface area contributed by atoms with Gasteiger partial charge in [0, 0.05) is 26.2 Å². The molecule has 0 aromatic carbocycles. The number of sulfonamides is 1. The van der Waals surface area contributed by atoms with Crippen LogP contribution in [0.4, 0.5) is 0 Å². The minimum absolute atomic E-state index is 0. The van der Waals surface area contributed by atoms with Gasteiger partial charge in [0.2, 0.25) is 10.0 Å². The van der Waals surface area contributed by atoms with Crippen molar-refractivity contribution in [2.45, 2.75) is 25.7 Å². The molecule has 0 amide bonds. The summed E-state index contributed by atoms with van der Waals surface area (Å²) in [6, 6.07) is 0. The molecule has 2 rings (SSSR count). The van der Waals surface area contributed by atoms with E-state index < -0.39 is 10.0 Å². The van der Waals surface area contributed by atoms with Gasteiger partial charge in [-0.25, -0.2) is 12.7 Å². The summed E-state index contributed by atoms with van der Waals surface area (Å²) in [5.41, 5.74) is 0. The molecule has 2 saturated heterocycles. The topological polar surface area (TPSA) is 52.6 Å². The van der Waals surface area contributed by atoms with Gasteiger partial charge in [-0.1, -0.05) is 0 Å². The lowest BCUT2D eigenvalue weighted by Crippen LogP contribution is -2.46. The maximum Gasteiger partial charge on any atom is 0.211 e. The first-order valence-corrected chi connectivity index (χ1v) is 9.66. The number of halogens is 1. The van der Waals surface area contributed by atoms with Gasteiger partial charge in [-0.15, -0.1) is 12.4 Å². The highest BCUT2D eigenvalue weighted by molar-refractivity contribution is 7.88. The highest BCUT2D eigenvalue weighted by atomic mass is 35.5. The second-order valence-electron chi connectivity index (χ2n) is 6.45. The Morgan fingerprint density at radius 1 is 1.10 bits per heavy atom. The molecule has 2 aliphatic rings. The number of nitrogens with zero attached hydrogens (tertiary/aromatic N) is 2. The van der Waals surface area contributed by atoms with E-state index in [1.807, 2.05) is 7.05 Å². The summed E-state index contributed by atoms with van der Waals surface area (Å²) >= 11 is 0. The zero-order valence-corrected chi connectivity index (χ0v) is 14.9. The van der Waals surface area contributed by atoms with Crippen LogP contribution in [0, 0.1) is 11.8 Å². The van der Waals surface area contributed by atoms with Gasteiger partial charge in [-0.2, -0.15) is 0 Å². The summed E-state index contributed by atoms with van der Waals surface area (Å²) in [7, 11) is -0.996. The largest absolute Gasteiger partial charge is 0.319 e. The van der Waals surface area contributed by atoms with Crippen molar-refractivity contribution >= 4 is 22.4 Å². The summed E-state index contributed by atoms with van der Waals surface area (Å²) in [6.45, 7) is 5.92. The fourth-order valence-electron chi connectivity index (χ4n) is 3.61. The van der Waals surface area contributed by atoms with Crippen LogP contribution in [0.3, 0.4) is 0 Å². The summed E-state index contributed by atoms with van der Waals surface area (Å²) in [4.78, 5) is 2.54. The average molecular weight is 340 g/mol. The Hall–Kier alpha value is 0.120. The molecule has 2 atom stereocenters. The van der Waals surface area contributed by atoms with Gasteiger partial charge in [-0.3, -0.25) is 0 Å². The third kappa shape index (κ3) is 6.02. The third-order valence-electron chi connectivity index (χ3n) is 4.56. The van der Waals surface area contributed by atoms with Crippen molar-refractivity contribution in [3.8, 4) is 0 Å². The minimum Gasteiger partial charge on any atom is -0.319 e. The number of nitrogens with one attached hydrogen (secondary N) is 1. The molecule has 2 unspecified atom stereocenters. The van der Waals surface area contributed by atoms with E-state index in [0.717, 1.165) is 32.0 Å². The molecule has 126 valence electrons. The second-order valence-corrected chi connectivity index (χ2v) is 8.44. The Morgan fingerprint density at radius 2 is 1.76 bits per heavy atom. The molecule has 2 fully saturated rings. The van der Waals surface area contributed by atoms with Gasteiger partial charge in [-0.05, 0) is 57.7 Å². The van der Waals surface area contributed by atoms with Crippen LogP contribution >= 0.6 is 12.4 Å². The van der Waals surface area contributed by atoms with Crippen molar-refractivity contribution in [1.82, 2.24) is 14.5 Å². The maximum absolute atomic E-state index is 11.7. The van der Waals surface area contributed by atoms with Crippen molar-refractivity contribution in [3.63, 3.8) is 0 Å². The quantitative estimate of drug-likeness (QED) is 0.812. The summed E-state index contributed by atoms with van der Waals surface area (Å²) in [5, 5.41) is 3.27. The van der Waals surface area contributed by atoms with Crippen LogP contribution in [0.15, 0.2) is 0 Å². The predicted molar refractivity (Wildman–Crippen MR) is 89.5 cm³/mol. The summed E-state index contributed by atoms with van der Waals surface area (Å²) in [5.74, 6) is 1.26. The molecule has 0 aromatic rings. The number of hydrogen-bond acceptors (Lipinski definition) is 4. The average Bonchev–Trinajstić information content (AvgIpc) is 2.39. The summed E-state index contributed by atoms with van der Waals surface area (Å²) in [6.07, 6.45) is 6.09. The Labute approximate surface area is 135 Å². The number of piperidine rings is 2. The molecule has 0 aliphatic carbocycles. The summed E-state index contributed by atoms with van der Waals surface area (Å²) < 4.78 is 25.0. The van der Waals surface area contributed by atoms with E-state index in [-0.39, 0.29) is 12.4 Å². The molecule has 0 bridgehead atoms. The van der Waals surface area contributed by atoms with Gasteiger partial charge >= 0.3 is 0 Å². The van der Waals surface area contributed by atoms with Gasteiger partial charge in [0.1, 0.15) is 0 Å². The Bertz CT molecular complexity index is 403. The fourth-order valence-corrected chi connectivity index (χ4v) is 4.56. The molecule has 7 heteroatoms.